The van der Waals surface area contributed by atoms with Gasteiger partial charge in [-0.2, -0.15) is 0 Å². The molecular weight excluding hydrogens is 145 g/mol. The minimum atomic E-state index is -0.532. The zero-order valence-electron chi connectivity index (χ0n) is 6.85. The summed E-state index contributed by atoms with van der Waals surface area (Å²) in [5.74, 6) is -0.460. The highest BCUT2D eigenvalue weighted by molar-refractivity contribution is 5.78. The zero-order chi connectivity index (χ0) is 8.27. The molecule has 0 bridgehead atoms. The van der Waals surface area contributed by atoms with E-state index >= 15 is 0 Å². The van der Waals surface area contributed by atoms with Crippen molar-refractivity contribution in [1.82, 2.24) is 4.90 Å². The molecule has 2 nitrogen and oxygen atoms in total. The number of alkyl halides is 1. The van der Waals surface area contributed by atoms with Gasteiger partial charge in [-0.05, 0) is 12.8 Å². The number of halogens is 1. The van der Waals surface area contributed by atoms with Gasteiger partial charge in [0, 0.05) is 13.1 Å². The minimum Gasteiger partial charge on any atom is -0.342 e. The highest BCUT2D eigenvalue weighted by atomic mass is 19.1. The molecule has 0 aromatic rings. The first-order chi connectivity index (χ1) is 5.25. The van der Waals surface area contributed by atoms with Crippen molar-refractivity contribution in [2.24, 2.45) is 5.92 Å². The standard InChI is InChI=1S/C8H14FNO/c1-7(6-9)8(11)10-4-2-3-5-10/h7H,2-6H2,1H3. The van der Waals surface area contributed by atoms with Crippen LogP contribution in [-0.4, -0.2) is 30.6 Å². The first-order valence-corrected chi connectivity index (χ1v) is 4.10. The van der Waals surface area contributed by atoms with Gasteiger partial charge in [0.15, 0.2) is 0 Å². The summed E-state index contributed by atoms with van der Waals surface area (Å²) in [6.45, 7) is 2.75. The van der Waals surface area contributed by atoms with Gasteiger partial charge in [0.1, 0.15) is 6.67 Å². The zero-order valence-corrected chi connectivity index (χ0v) is 6.85. The summed E-state index contributed by atoms with van der Waals surface area (Å²) < 4.78 is 12.0. The average molecular weight is 159 g/mol. The van der Waals surface area contributed by atoms with Gasteiger partial charge >= 0.3 is 0 Å². The van der Waals surface area contributed by atoms with Crippen LogP contribution in [0.5, 0.6) is 0 Å². The van der Waals surface area contributed by atoms with Crippen LogP contribution in [0.15, 0.2) is 0 Å². The number of likely N-dealkylation sites (tertiary alicyclic amines) is 1. The van der Waals surface area contributed by atoms with Crippen molar-refractivity contribution in [3.05, 3.63) is 0 Å². The smallest absolute Gasteiger partial charge is 0.228 e. The predicted octanol–water partition coefficient (Wildman–Crippen LogP) is 1.21. The first kappa shape index (κ1) is 8.50. The number of carbonyl (C=O) groups excluding carboxylic acids is 1. The lowest BCUT2D eigenvalue weighted by atomic mass is 10.2. The Balaban J connectivity index is 2.39. The first-order valence-electron chi connectivity index (χ1n) is 4.10. The Bertz CT molecular complexity index is 143. The molecule has 0 N–H and O–H groups in total. The molecule has 1 fully saturated rings. The molecule has 11 heavy (non-hydrogen) atoms. The summed E-state index contributed by atoms with van der Waals surface area (Å²) in [5, 5.41) is 0. The molecule has 1 amide bonds. The number of carbonyl (C=O) groups is 1. The molecule has 0 aromatic carbocycles. The molecular formula is C8H14FNO. The van der Waals surface area contributed by atoms with E-state index in [0.717, 1.165) is 25.9 Å². The van der Waals surface area contributed by atoms with Crippen LogP contribution in [0, 0.1) is 5.92 Å². The maximum absolute atomic E-state index is 12.0. The summed E-state index contributed by atoms with van der Waals surface area (Å²) in [7, 11) is 0. The normalized spacial score (nSPS) is 20.4. The van der Waals surface area contributed by atoms with Gasteiger partial charge in [0.2, 0.25) is 5.91 Å². The Morgan fingerprint density at radius 3 is 2.55 bits per heavy atom. The second kappa shape index (κ2) is 3.69. The Morgan fingerprint density at radius 1 is 1.55 bits per heavy atom. The predicted molar refractivity (Wildman–Crippen MR) is 41.0 cm³/mol. The van der Waals surface area contributed by atoms with E-state index in [-0.39, 0.29) is 5.91 Å². The highest BCUT2D eigenvalue weighted by Crippen LogP contribution is 2.11. The van der Waals surface area contributed by atoms with Crippen molar-refractivity contribution in [1.29, 1.82) is 0 Å². The molecule has 1 heterocycles. The molecule has 1 aliphatic rings. The average Bonchev–Trinajstić information content (AvgIpc) is 2.53. The van der Waals surface area contributed by atoms with E-state index in [1.807, 2.05) is 0 Å². The van der Waals surface area contributed by atoms with Crippen LogP contribution in [0.4, 0.5) is 4.39 Å². The number of hydrogen-bond acceptors (Lipinski definition) is 1. The van der Waals surface area contributed by atoms with Crippen LogP contribution >= 0.6 is 0 Å². The maximum atomic E-state index is 12.0. The monoisotopic (exact) mass is 159 g/mol. The van der Waals surface area contributed by atoms with E-state index in [1.54, 1.807) is 11.8 Å². The fourth-order valence-corrected chi connectivity index (χ4v) is 1.32. The molecule has 0 radical (unpaired) electrons. The lowest BCUT2D eigenvalue weighted by Crippen LogP contribution is -2.33. The summed E-state index contributed by atoms with van der Waals surface area (Å²) in [6, 6.07) is 0. The third kappa shape index (κ3) is 1.91. The number of rotatable bonds is 2. The fourth-order valence-electron chi connectivity index (χ4n) is 1.32. The van der Waals surface area contributed by atoms with Gasteiger partial charge in [-0.1, -0.05) is 6.92 Å². The van der Waals surface area contributed by atoms with E-state index in [0.29, 0.717) is 0 Å². The number of amides is 1. The Hall–Kier alpha value is -0.600. The van der Waals surface area contributed by atoms with Crippen molar-refractivity contribution >= 4 is 5.91 Å². The van der Waals surface area contributed by atoms with Gasteiger partial charge in [0.05, 0.1) is 5.92 Å². The Labute approximate surface area is 66.4 Å². The van der Waals surface area contributed by atoms with E-state index in [9.17, 15) is 9.18 Å². The van der Waals surface area contributed by atoms with Crippen molar-refractivity contribution in [3.8, 4) is 0 Å². The Morgan fingerprint density at radius 2 is 2.09 bits per heavy atom. The second-order valence-electron chi connectivity index (χ2n) is 3.09. The molecule has 3 heteroatoms. The lowest BCUT2D eigenvalue weighted by Gasteiger charge is -2.17. The van der Waals surface area contributed by atoms with E-state index in [4.69, 9.17) is 0 Å². The van der Waals surface area contributed by atoms with Crippen molar-refractivity contribution in [2.75, 3.05) is 19.8 Å². The summed E-state index contributed by atoms with van der Waals surface area (Å²) in [5.41, 5.74) is 0. The third-order valence-corrected chi connectivity index (χ3v) is 2.07. The topological polar surface area (TPSA) is 20.3 Å². The minimum absolute atomic E-state index is 0.0231. The van der Waals surface area contributed by atoms with E-state index < -0.39 is 12.6 Å². The number of hydrogen-bond donors (Lipinski definition) is 0. The molecule has 1 unspecified atom stereocenters. The lowest BCUT2D eigenvalue weighted by molar-refractivity contribution is -0.134. The summed E-state index contributed by atoms with van der Waals surface area (Å²) >= 11 is 0. The summed E-state index contributed by atoms with van der Waals surface area (Å²) in [4.78, 5) is 13.0. The van der Waals surface area contributed by atoms with Gasteiger partial charge in [0.25, 0.3) is 0 Å². The maximum Gasteiger partial charge on any atom is 0.228 e. The van der Waals surface area contributed by atoms with Crippen molar-refractivity contribution in [3.63, 3.8) is 0 Å². The van der Waals surface area contributed by atoms with Gasteiger partial charge in [-0.15, -0.1) is 0 Å². The molecule has 0 aliphatic carbocycles. The molecule has 1 aliphatic heterocycles. The fraction of sp³-hybridized carbons (Fsp3) is 0.875. The van der Waals surface area contributed by atoms with Gasteiger partial charge in [-0.25, -0.2) is 0 Å². The van der Waals surface area contributed by atoms with Crippen molar-refractivity contribution < 1.29 is 9.18 Å². The van der Waals surface area contributed by atoms with Gasteiger partial charge in [-0.3, -0.25) is 9.18 Å². The van der Waals surface area contributed by atoms with Gasteiger partial charge < -0.3 is 4.90 Å². The molecule has 1 rings (SSSR count). The van der Waals surface area contributed by atoms with Crippen LogP contribution < -0.4 is 0 Å². The van der Waals surface area contributed by atoms with Crippen molar-refractivity contribution in [2.45, 2.75) is 19.8 Å². The second-order valence-corrected chi connectivity index (χ2v) is 3.09. The third-order valence-electron chi connectivity index (χ3n) is 2.07. The summed E-state index contributed by atoms with van der Waals surface area (Å²) in [6.07, 6.45) is 2.15. The highest BCUT2D eigenvalue weighted by Gasteiger charge is 2.22. The molecule has 0 saturated carbocycles. The van der Waals surface area contributed by atoms with Crippen LogP contribution in [0.25, 0.3) is 0 Å². The Kier molecular flexibility index (Phi) is 2.85. The molecule has 1 saturated heterocycles. The SMILES string of the molecule is CC(CF)C(=O)N1CCCC1. The quantitative estimate of drug-likeness (QED) is 0.593. The van der Waals surface area contributed by atoms with E-state index in [1.165, 1.54) is 0 Å². The molecule has 0 spiro atoms. The van der Waals surface area contributed by atoms with Crippen LogP contribution in [0.1, 0.15) is 19.8 Å². The largest absolute Gasteiger partial charge is 0.342 e. The van der Waals surface area contributed by atoms with Crippen LogP contribution in [-0.2, 0) is 4.79 Å². The molecule has 64 valence electrons. The van der Waals surface area contributed by atoms with Crippen LogP contribution in [0.2, 0.25) is 0 Å². The van der Waals surface area contributed by atoms with Crippen LogP contribution in [0.3, 0.4) is 0 Å². The molecule has 0 aromatic heterocycles. The molecule has 1 atom stereocenters. The van der Waals surface area contributed by atoms with E-state index in [2.05, 4.69) is 0 Å². The number of nitrogens with zero attached hydrogens (tertiary/aromatic N) is 1.